The van der Waals surface area contributed by atoms with Gasteiger partial charge in [0.1, 0.15) is 18.2 Å². The first kappa shape index (κ1) is 18.0. The number of aryl methyl sites for hydroxylation is 1. The maximum Gasteiger partial charge on any atom is 0.212 e. The van der Waals surface area contributed by atoms with Gasteiger partial charge in [-0.2, -0.15) is 9.65 Å². The molecule has 7 nitrogen and oxygen atoms in total. The third-order valence-electron chi connectivity index (χ3n) is 5.32. The number of anilines is 1. The highest BCUT2D eigenvalue weighted by atomic mass is 19.1. The van der Waals surface area contributed by atoms with Crippen LogP contribution >= 0.6 is 0 Å². The number of pyridine rings is 2. The molecule has 3 aromatic heterocycles. The van der Waals surface area contributed by atoms with Crippen molar-refractivity contribution in [1.29, 1.82) is 5.26 Å². The Morgan fingerprint density at radius 3 is 2.75 bits per heavy atom. The average molecular weight is 377 g/mol. The number of hydrogen-bond donors (Lipinski definition) is 0. The van der Waals surface area contributed by atoms with Gasteiger partial charge in [-0.3, -0.25) is 4.98 Å². The number of nitrogens with zero attached hydrogens (tertiary/aromatic N) is 7. The Hall–Kier alpha value is -3.34. The molecular formula is C20H20FN7. The van der Waals surface area contributed by atoms with E-state index in [9.17, 15) is 9.65 Å². The Bertz CT molecular complexity index is 1020. The molecule has 0 spiro atoms. The van der Waals surface area contributed by atoms with Crippen LogP contribution < -0.4 is 4.90 Å². The predicted octanol–water partition coefficient (Wildman–Crippen LogP) is 3.06. The predicted molar refractivity (Wildman–Crippen MR) is 102 cm³/mol. The lowest BCUT2D eigenvalue weighted by Crippen LogP contribution is -2.41. The van der Waals surface area contributed by atoms with Crippen molar-refractivity contribution >= 4 is 5.69 Å². The van der Waals surface area contributed by atoms with Gasteiger partial charge in [-0.15, -0.1) is 10.2 Å². The minimum atomic E-state index is -0.542. The third-order valence-corrected chi connectivity index (χ3v) is 5.32. The summed E-state index contributed by atoms with van der Waals surface area (Å²) in [6.45, 7) is 2.91. The highest BCUT2D eigenvalue weighted by Crippen LogP contribution is 2.38. The van der Waals surface area contributed by atoms with Crippen molar-refractivity contribution in [2.75, 3.05) is 11.4 Å². The zero-order chi connectivity index (χ0) is 19.7. The molecule has 4 rings (SSSR count). The topological polar surface area (TPSA) is 83.5 Å². The SMILES string of the molecule is C[C@@H]1C[C@H](c2nncn2C)CCN1c1c(C#N)ccnc1-c1ccc(F)nc1. The molecule has 0 N–H and O–H groups in total. The Labute approximate surface area is 162 Å². The summed E-state index contributed by atoms with van der Waals surface area (Å²) in [6, 6.07) is 7.13. The van der Waals surface area contributed by atoms with Crippen molar-refractivity contribution < 1.29 is 4.39 Å². The summed E-state index contributed by atoms with van der Waals surface area (Å²) in [6.07, 6.45) is 6.59. The minimum Gasteiger partial charge on any atom is -0.366 e. The molecule has 1 aliphatic rings. The first-order valence-corrected chi connectivity index (χ1v) is 9.20. The van der Waals surface area contributed by atoms with E-state index in [2.05, 4.69) is 38.1 Å². The maximum absolute atomic E-state index is 13.3. The van der Waals surface area contributed by atoms with E-state index < -0.39 is 5.95 Å². The van der Waals surface area contributed by atoms with E-state index in [0.717, 1.165) is 30.9 Å². The number of piperidine rings is 1. The summed E-state index contributed by atoms with van der Waals surface area (Å²) in [5.41, 5.74) is 2.67. The van der Waals surface area contributed by atoms with Gasteiger partial charge in [0.05, 0.1) is 16.9 Å². The van der Waals surface area contributed by atoms with Gasteiger partial charge >= 0.3 is 0 Å². The summed E-state index contributed by atoms with van der Waals surface area (Å²) in [5.74, 6) is 0.762. The Kier molecular flexibility index (Phi) is 4.74. The molecule has 142 valence electrons. The molecule has 4 heterocycles. The lowest BCUT2D eigenvalue weighted by Gasteiger charge is -2.40. The van der Waals surface area contributed by atoms with Crippen LogP contribution in [0.1, 0.15) is 37.1 Å². The molecular weight excluding hydrogens is 357 g/mol. The molecule has 0 radical (unpaired) electrons. The van der Waals surface area contributed by atoms with Crippen LogP contribution in [0.3, 0.4) is 0 Å². The van der Waals surface area contributed by atoms with Gasteiger partial charge < -0.3 is 9.47 Å². The molecule has 3 aromatic rings. The Balaban J connectivity index is 1.70. The van der Waals surface area contributed by atoms with E-state index in [-0.39, 0.29) is 6.04 Å². The van der Waals surface area contributed by atoms with Gasteiger partial charge in [-0.05, 0) is 38.0 Å². The van der Waals surface area contributed by atoms with Crippen molar-refractivity contribution in [2.45, 2.75) is 31.7 Å². The number of nitriles is 1. The van der Waals surface area contributed by atoms with Crippen molar-refractivity contribution in [1.82, 2.24) is 24.7 Å². The number of halogens is 1. The second-order valence-corrected chi connectivity index (χ2v) is 7.10. The van der Waals surface area contributed by atoms with Crippen LogP contribution in [0.15, 0.2) is 36.9 Å². The summed E-state index contributed by atoms with van der Waals surface area (Å²) in [4.78, 5) is 10.5. The van der Waals surface area contributed by atoms with Gasteiger partial charge in [0.15, 0.2) is 0 Å². The summed E-state index contributed by atoms with van der Waals surface area (Å²) < 4.78 is 15.2. The van der Waals surface area contributed by atoms with Gasteiger partial charge in [-0.25, -0.2) is 4.98 Å². The van der Waals surface area contributed by atoms with Crippen molar-refractivity contribution in [3.63, 3.8) is 0 Å². The highest BCUT2D eigenvalue weighted by molar-refractivity contribution is 5.79. The summed E-state index contributed by atoms with van der Waals surface area (Å²) >= 11 is 0. The lowest BCUT2D eigenvalue weighted by molar-refractivity contribution is 0.411. The molecule has 1 aliphatic heterocycles. The van der Waals surface area contributed by atoms with Crippen molar-refractivity contribution in [2.24, 2.45) is 7.05 Å². The van der Waals surface area contributed by atoms with Gasteiger partial charge in [-0.1, -0.05) is 0 Å². The fraction of sp³-hybridized carbons (Fsp3) is 0.350. The van der Waals surface area contributed by atoms with Crippen molar-refractivity contribution in [3.8, 4) is 17.3 Å². The summed E-state index contributed by atoms with van der Waals surface area (Å²) in [7, 11) is 1.96. The first-order valence-electron chi connectivity index (χ1n) is 9.20. The highest BCUT2D eigenvalue weighted by Gasteiger charge is 2.32. The van der Waals surface area contributed by atoms with E-state index >= 15 is 0 Å². The summed E-state index contributed by atoms with van der Waals surface area (Å²) in [5, 5.41) is 17.9. The standard InChI is InChI=1S/C20H20FN7/c1-13-9-14(20-26-25-12-27(20)2)6-8-28(13)19-15(10-22)5-7-23-18(19)16-3-4-17(21)24-11-16/h3-5,7,11-14H,6,8-9H2,1-2H3/t13-,14-/m1/s1. The molecule has 28 heavy (non-hydrogen) atoms. The molecule has 0 amide bonds. The van der Waals surface area contributed by atoms with E-state index in [1.54, 1.807) is 24.7 Å². The average Bonchev–Trinajstić information content (AvgIpc) is 3.14. The van der Waals surface area contributed by atoms with Crippen LogP contribution in [0.25, 0.3) is 11.3 Å². The van der Waals surface area contributed by atoms with Gasteiger partial charge in [0, 0.05) is 43.5 Å². The molecule has 8 heteroatoms. The van der Waals surface area contributed by atoms with E-state index in [1.165, 1.54) is 12.3 Å². The quantitative estimate of drug-likeness (QED) is 0.653. The van der Waals surface area contributed by atoms with Crippen LogP contribution in [0, 0.1) is 17.3 Å². The van der Waals surface area contributed by atoms with Crippen LogP contribution in [-0.2, 0) is 7.05 Å². The number of rotatable bonds is 3. The largest absolute Gasteiger partial charge is 0.366 e. The van der Waals surface area contributed by atoms with Gasteiger partial charge in [0.2, 0.25) is 5.95 Å². The molecule has 0 bridgehead atoms. The molecule has 0 saturated carbocycles. The second kappa shape index (κ2) is 7.35. The molecule has 0 aliphatic carbocycles. The second-order valence-electron chi connectivity index (χ2n) is 7.10. The molecule has 1 saturated heterocycles. The fourth-order valence-corrected chi connectivity index (χ4v) is 3.96. The fourth-order valence-electron chi connectivity index (χ4n) is 3.96. The maximum atomic E-state index is 13.3. The monoisotopic (exact) mass is 377 g/mol. The zero-order valence-corrected chi connectivity index (χ0v) is 15.7. The van der Waals surface area contributed by atoms with Crippen molar-refractivity contribution in [3.05, 3.63) is 54.3 Å². The number of hydrogen-bond acceptors (Lipinski definition) is 6. The third kappa shape index (κ3) is 3.20. The number of aromatic nitrogens is 5. The normalized spacial score (nSPS) is 19.4. The van der Waals surface area contributed by atoms with Crippen LogP contribution in [0.4, 0.5) is 10.1 Å². The molecule has 0 aromatic carbocycles. The lowest BCUT2D eigenvalue weighted by atomic mass is 9.89. The van der Waals surface area contributed by atoms with E-state index in [4.69, 9.17) is 0 Å². The Morgan fingerprint density at radius 2 is 2.11 bits per heavy atom. The van der Waals surface area contributed by atoms with E-state index in [0.29, 0.717) is 22.7 Å². The molecule has 1 fully saturated rings. The smallest absolute Gasteiger partial charge is 0.212 e. The van der Waals surface area contributed by atoms with Gasteiger partial charge in [0.25, 0.3) is 0 Å². The van der Waals surface area contributed by atoms with Crippen LogP contribution in [-0.4, -0.2) is 37.3 Å². The first-order chi connectivity index (χ1) is 13.6. The molecule has 0 unspecified atom stereocenters. The molecule has 2 atom stereocenters. The minimum absolute atomic E-state index is 0.180. The van der Waals surface area contributed by atoms with Crippen LogP contribution in [0.2, 0.25) is 0 Å². The van der Waals surface area contributed by atoms with E-state index in [1.807, 2.05) is 11.6 Å². The zero-order valence-electron chi connectivity index (χ0n) is 15.7. The van der Waals surface area contributed by atoms with Crippen LogP contribution in [0.5, 0.6) is 0 Å². The Morgan fingerprint density at radius 1 is 1.25 bits per heavy atom.